The summed E-state index contributed by atoms with van der Waals surface area (Å²) < 4.78 is 26.2. The van der Waals surface area contributed by atoms with Crippen molar-refractivity contribution in [3.8, 4) is 0 Å². The quantitative estimate of drug-likeness (QED) is 0.496. The molecule has 0 unspecified atom stereocenters. The molecular weight excluding hydrogens is 324 g/mol. The van der Waals surface area contributed by atoms with Gasteiger partial charge in [0.05, 0.1) is 5.69 Å². The molecule has 0 bridgehead atoms. The molecule has 0 fully saturated rings. The third-order valence-corrected chi connectivity index (χ3v) is 6.06. The summed E-state index contributed by atoms with van der Waals surface area (Å²) >= 11 is 1.16. The SMILES string of the molecule is CN(c1ccc(/C=C/C(=O)NO)cc1)S(=O)(=O)c1cccs1. The number of thiophene rings is 1. The number of carbonyl (C=O) groups excluding carboxylic acids is 1. The van der Waals surface area contributed by atoms with Gasteiger partial charge in [-0.25, -0.2) is 13.9 Å². The molecule has 0 aliphatic carbocycles. The Kier molecular flexibility index (Phi) is 4.96. The highest BCUT2D eigenvalue weighted by atomic mass is 32.2. The van der Waals surface area contributed by atoms with Crippen LogP contribution in [-0.2, 0) is 14.8 Å². The van der Waals surface area contributed by atoms with Crippen molar-refractivity contribution in [3.63, 3.8) is 0 Å². The fraction of sp³-hybridized carbons (Fsp3) is 0.0714. The molecule has 1 aromatic carbocycles. The molecule has 2 rings (SSSR count). The molecule has 0 saturated heterocycles. The van der Waals surface area contributed by atoms with Gasteiger partial charge in [0.1, 0.15) is 4.21 Å². The summed E-state index contributed by atoms with van der Waals surface area (Å²) in [6, 6.07) is 9.88. The molecular formula is C14H14N2O4S2. The molecule has 0 saturated carbocycles. The highest BCUT2D eigenvalue weighted by Crippen LogP contribution is 2.25. The maximum Gasteiger partial charge on any atom is 0.273 e. The number of anilines is 1. The van der Waals surface area contributed by atoms with Gasteiger partial charge in [-0.15, -0.1) is 11.3 Å². The molecule has 0 aliphatic heterocycles. The van der Waals surface area contributed by atoms with Gasteiger partial charge in [-0.1, -0.05) is 18.2 Å². The van der Waals surface area contributed by atoms with E-state index >= 15 is 0 Å². The zero-order valence-electron chi connectivity index (χ0n) is 11.6. The van der Waals surface area contributed by atoms with Crippen molar-refractivity contribution < 1.29 is 18.4 Å². The largest absolute Gasteiger partial charge is 0.288 e. The van der Waals surface area contributed by atoms with Crippen molar-refractivity contribution in [3.05, 3.63) is 53.4 Å². The van der Waals surface area contributed by atoms with Gasteiger partial charge in [-0.2, -0.15) is 0 Å². The van der Waals surface area contributed by atoms with E-state index in [0.29, 0.717) is 11.3 Å². The van der Waals surface area contributed by atoms with Gasteiger partial charge in [0.15, 0.2) is 0 Å². The number of benzene rings is 1. The normalized spacial score (nSPS) is 11.5. The van der Waals surface area contributed by atoms with Gasteiger partial charge in [0.25, 0.3) is 15.9 Å². The van der Waals surface area contributed by atoms with Gasteiger partial charge < -0.3 is 0 Å². The molecule has 6 nitrogen and oxygen atoms in total. The first-order valence-electron chi connectivity index (χ1n) is 6.20. The van der Waals surface area contributed by atoms with Crippen LogP contribution >= 0.6 is 11.3 Å². The van der Waals surface area contributed by atoms with Crippen LogP contribution < -0.4 is 9.79 Å². The Hall–Kier alpha value is -2.16. The summed E-state index contributed by atoms with van der Waals surface area (Å²) in [6.45, 7) is 0. The van der Waals surface area contributed by atoms with Crippen molar-refractivity contribution in [1.82, 2.24) is 5.48 Å². The van der Waals surface area contributed by atoms with Crippen molar-refractivity contribution in [2.45, 2.75) is 4.21 Å². The molecule has 0 spiro atoms. The fourth-order valence-electron chi connectivity index (χ4n) is 1.69. The lowest BCUT2D eigenvalue weighted by atomic mass is 10.2. The summed E-state index contributed by atoms with van der Waals surface area (Å²) in [5.74, 6) is -0.638. The number of hydroxylamine groups is 1. The van der Waals surface area contributed by atoms with Crippen molar-refractivity contribution in [2.24, 2.45) is 0 Å². The standard InChI is InChI=1S/C14H14N2O4S2/c1-16(22(19,20)14-3-2-10-21-14)12-7-4-11(5-8-12)6-9-13(17)15-18/h2-10,18H,1H3,(H,15,17)/b9-6+. The zero-order chi connectivity index (χ0) is 16.2. The topological polar surface area (TPSA) is 86.7 Å². The number of rotatable bonds is 5. The maximum atomic E-state index is 12.4. The second kappa shape index (κ2) is 6.73. The monoisotopic (exact) mass is 338 g/mol. The Morgan fingerprint density at radius 2 is 1.95 bits per heavy atom. The Labute approximate surface area is 132 Å². The fourth-order valence-corrected chi connectivity index (χ4v) is 4.05. The molecule has 1 aromatic heterocycles. The zero-order valence-corrected chi connectivity index (χ0v) is 13.3. The van der Waals surface area contributed by atoms with Gasteiger partial charge in [-0.3, -0.25) is 14.3 Å². The minimum Gasteiger partial charge on any atom is -0.288 e. The number of carbonyl (C=O) groups is 1. The van der Waals surface area contributed by atoms with Gasteiger partial charge in [-0.05, 0) is 35.2 Å². The van der Waals surface area contributed by atoms with E-state index in [-0.39, 0.29) is 4.21 Å². The van der Waals surface area contributed by atoms with Gasteiger partial charge in [0, 0.05) is 13.1 Å². The molecule has 0 aliphatic rings. The lowest BCUT2D eigenvalue weighted by Gasteiger charge is -2.18. The number of sulfonamides is 1. The minimum absolute atomic E-state index is 0.276. The summed E-state index contributed by atoms with van der Waals surface area (Å²) in [6.07, 6.45) is 2.67. The number of hydrogen-bond acceptors (Lipinski definition) is 5. The van der Waals surface area contributed by atoms with Crippen LogP contribution in [0.2, 0.25) is 0 Å². The van der Waals surface area contributed by atoms with Crippen LogP contribution in [0.3, 0.4) is 0 Å². The van der Waals surface area contributed by atoms with E-state index in [1.54, 1.807) is 41.8 Å². The predicted molar refractivity (Wildman–Crippen MR) is 85.3 cm³/mol. The molecule has 0 atom stereocenters. The molecule has 22 heavy (non-hydrogen) atoms. The highest BCUT2D eigenvalue weighted by Gasteiger charge is 2.21. The Morgan fingerprint density at radius 1 is 1.27 bits per heavy atom. The van der Waals surface area contributed by atoms with E-state index in [9.17, 15) is 13.2 Å². The van der Waals surface area contributed by atoms with Crippen LogP contribution in [0, 0.1) is 0 Å². The first-order chi connectivity index (χ1) is 10.4. The maximum absolute atomic E-state index is 12.4. The second-order valence-electron chi connectivity index (χ2n) is 4.31. The van der Waals surface area contributed by atoms with Crippen LogP contribution in [0.25, 0.3) is 6.08 Å². The van der Waals surface area contributed by atoms with Crippen molar-refractivity contribution in [2.75, 3.05) is 11.4 Å². The number of nitrogens with one attached hydrogen (secondary N) is 1. The smallest absolute Gasteiger partial charge is 0.273 e. The Bertz CT molecular complexity index is 766. The molecule has 1 amide bonds. The third-order valence-electron chi connectivity index (χ3n) is 2.90. The summed E-state index contributed by atoms with van der Waals surface area (Å²) in [4.78, 5) is 10.9. The Balaban J connectivity index is 2.20. The van der Waals surface area contributed by atoms with E-state index in [1.165, 1.54) is 29.0 Å². The molecule has 2 aromatic rings. The van der Waals surface area contributed by atoms with Crippen LogP contribution in [0.5, 0.6) is 0 Å². The van der Waals surface area contributed by atoms with E-state index in [4.69, 9.17) is 5.21 Å². The highest BCUT2D eigenvalue weighted by molar-refractivity contribution is 7.94. The lowest BCUT2D eigenvalue weighted by Crippen LogP contribution is -2.25. The third kappa shape index (κ3) is 3.53. The first kappa shape index (κ1) is 16.2. The van der Waals surface area contributed by atoms with Gasteiger partial charge in [0.2, 0.25) is 0 Å². The number of nitrogens with zero attached hydrogens (tertiary/aromatic N) is 1. The minimum atomic E-state index is -3.55. The number of hydrogen-bond donors (Lipinski definition) is 2. The first-order valence-corrected chi connectivity index (χ1v) is 8.52. The molecule has 2 N–H and O–H groups in total. The van der Waals surface area contributed by atoms with Crippen molar-refractivity contribution in [1.29, 1.82) is 0 Å². The van der Waals surface area contributed by atoms with E-state index in [2.05, 4.69) is 0 Å². The summed E-state index contributed by atoms with van der Waals surface area (Å²) in [5.41, 5.74) is 2.70. The second-order valence-corrected chi connectivity index (χ2v) is 7.45. The van der Waals surface area contributed by atoms with E-state index in [1.807, 2.05) is 0 Å². The van der Waals surface area contributed by atoms with Crippen LogP contribution in [-0.4, -0.2) is 26.6 Å². The van der Waals surface area contributed by atoms with E-state index < -0.39 is 15.9 Å². The molecule has 8 heteroatoms. The molecule has 116 valence electrons. The Morgan fingerprint density at radius 3 is 2.50 bits per heavy atom. The van der Waals surface area contributed by atoms with E-state index in [0.717, 1.165) is 11.3 Å². The van der Waals surface area contributed by atoms with Crippen molar-refractivity contribution >= 4 is 39.0 Å². The summed E-state index contributed by atoms with van der Waals surface area (Å²) in [7, 11) is -2.07. The van der Waals surface area contributed by atoms with Crippen LogP contribution in [0.15, 0.2) is 52.1 Å². The average molecular weight is 338 g/mol. The summed E-state index contributed by atoms with van der Waals surface area (Å²) in [5, 5.41) is 10.1. The van der Waals surface area contributed by atoms with Gasteiger partial charge >= 0.3 is 0 Å². The van der Waals surface area contributed by atoms with Crippen LogP contribution in [0.4, 0.5) is 5.69 Å². The molecule has 1 heterocycles. The molecule has 0 radical (unpaired) electrons. The number of amides is 1. The average Bonchev–Trinajstić information content (AvgIpc) is 3.07. The lowest BCUT2D eigenvalue weighted by molar-refractivity contribution is -0.124. The predicted octanol–water partition coefficient (Wildman–Crippen LogP) is 2.09. The van der Waals surface area contributed by atoms with Crippen LogP contribution in [0.1, 0.15) is 5.56 Å².